The van der Waals surface area contributed by atoms with E-state index in [1.165, 1.54) is 6.07 Å². The Hall–Kier alpha value is -0.270. The third-order valence-electron chi connectivity index (χ3n) is 3.61. The third-order valence-corrected chi connectivity index (χ3v) is 4.07. The van der Waals surface area contributed by atoms with E-state index >= 15 is 0 Å². The molecule has 0 radical (unpaired) electrons. The summed E-state index contributed by atoms with van der Waals surface area (Å²) in [6.07, 6.45) is -1.94. The fraction of sp³-hybridized carbons (Fsp3) is 0.467. The smallest absolute Gasteiger partial charge is 0.314 e. The average molecular weight is 436 g/mol. The number of piperazine rings is 1. The minimum atomic E-state index is -4.33. The zero-order valence-corrected chi connectivity index (χ0v) is 15.6. The fourth-order valence-corrected chi connectivity index (χ4v) is 3.13. The number of alkyl halides is 3. The van der Waals surface area contributed by atoms with Gasteiger partial charge < -0.3 is 5.32 Å². The monoisotopic (exact) mass is 434 g/mol. The summed E-state index contributed by atoms with van der Waals surface area (Å²) in [7, 11) is 0. The van der Waals surface area contributed by atoms with Gasteiger partial charge in [-0.3, -0.25) is 4.90 Å². The van der Waals surface area contributed by atoms with Gasteiger partial charge in [0, 0.05) is 36.7 Å². The number of hydrogen-bond donors (Lipinski definition) is 1. The fourth-order valence-electron chi connectivity index (χ4n) is 2.62. The first-order valence-electron chi connectivity index (χ1n) is 6.85. The third kappa shape index (κ3) is 6.27. The van der Waals surface area contributed by atoms with E-state index in [1.807, 2.05) is 0 Å². The first kappa shape index (κ1) is 22.7. The maximum atomic E-state index is 13.0. The lowest BCUT2D eigenvalue weighted by Gasteiger charge is -2.35. The van der Waals surface area contributed by atoms with E-state index in [9.17, 15) is 13.2 Å². The van der Waals surface area contributed by atoms with Crippen molar-refractivity contribution < 1.29 is 13.2 Å². The van der Waals surface area contributed by atoms with Gasteiger partial charge in [0.25, 0.3) is 0 Å². The van der Waals surface area contributed by atoms with Crippen molar-refractivity contribution in [1.29, 1.82) is 0 Å². The van der Waals surface area contributed by atoms with Crippen LogP contribution in [0.3, 0.4) is 0 Å². The predicted octanol–water partition coefficient (Wildman–Crippen LogP) is 4.83. The van der Waals surface area contributed by atoms with E-state index in [-0.39, 0.29) is 30.9 Å². The van der Waals surface area contributed by atoms with Crippen molar-refractivity contribution in [2.24, 2.45) is 0 Å². The second kappa shape index (κ2) is 9.89. The van der Waals surface area contributed by atoms with Gasteiger partial charge in [0.15, 0.2) is 0 Å². The molecule has 1 aromatic carbocycles. The highest BCUT2D eigenvalue weighted by Gasteiger charge is 2.32. The lowest BCUT2D eigenvalue weighted by atomic mass is 9.99. The van der Waals surface area contributed by atoms with Crippen molar-refractivity contribution in [3.8, 4) is 0 Å². The molecule has 2 rings (SSSR count). The van der Waals surface area contributed by atoms with Crippen LogP contribution in [0.1, 0.15) is 23.6 Å². The van der Waals surface area contributed by atoms with E-state index in [2.05, 4.69) is 32.7 Å². The van der Waals surface area contributed by atoms with Gasteiger partial charge >= 0.3 is 6.18 Å². The van der Waals surface area contributed by atoms with Crippen LogP contribution in [0.15, 0.2) is 35.3 Å². The Balaban J connectivity index is 0.00000242. The van der Waals surface area contributed by atoms with Crippen molar-refractivity contribution in [2.45, 2.75) is 18.6 Å². The molecule has 0 spiro atoms. The molecule has 1 atom stereocenters. The van der Waals surface area contributed by atoms with Crippen LogP contribution in [0.5, 0.6) is 0 Å². The second-order valence-electron chi connectivity index (χ2n) is 5.10. The van der Waals surface area contributed by atoms with Gasteiger partial charge in [-0.05, 0) is 30.2 Å². The highest BCUT2D eigenvalue weighted by Crippen LogP contribution is 2.35. The second-order valence-corrected chi connectivity index (χ2v) is 6.01. The molecule has 2 nitrogen and oxygen atoms in total. The maximum absolute atomic E-state index is 13.0. The van der Waals surface area contributed by atoms with Crippen molar-refractivity contribution in [3.05, 3.63) is 46.5 Å². The highest BCUT2D eigenvalue weighted by molar-refractivity contribution is 9.10. The summed E-state index contributed by atoms with van der Waals surface area (Å²) >= 11 is 3.19. The molecular weight excluding hydrogens is 416 g/mol. The largest absolute Gasteiger partial charge is 0.416 e. The molecule has 0 amide bonds. The molecule has 23 heavy (non-hydrogen) atoms. The van der Waals surface area contributed by atoms with E-state index in [0.29, 0.717) is 16.5 Å². The van der Waals surface area contributed by atoms with Crippen LogP contribution in [0.25, 0.3) is 0 Å². The lowest BCUT2D eigenvalue weighted by molar-refractivity contribution is -0.137. The summed E-state index contributed by atoms with van der Waals surface area (Å²) in [6.45, 7) is 7.10. The molecule has 1 aliphatic heterocycles. The summed E-state index contributed by atoms with van der Waals surface area (Å²) in [5, 5.41) is 3.25. The van der Waals surface area contributed by atoms with Crippen molar-refractivity contribution in [2.75, 3.05) is 26.2 Å². The molecule has 0 unspecified atom stereocenters. The van der Waals surface area contributed by atoms with E-state index in [1.54, 1.807) is 12.1 Å². The Labute approximate surface area is 155 Å². The predicted molar refractivity (Wildman–Crippen MR) is 95.6 cm³/mol. The molecule has 0 saturated carbocycles. The Kier molecular flexibility index (Phi) is 9.77. The van der Waals surface area contributed by atoms with Gasteiger partial charge in [-0.25, -0.2) is 0 Å². The molecule has 1 aliphatic rings. The molecule has 1 fully saturated rings. The maximum Gasteiger partial charge on any atom is 0.416 e. The minimum Gasteiger partial charge on any atom is -0.314 e. The first-order chi connectivity index (χ1) is 9.91. The molecule has 1 N–H and O–H groups in total. The van der Waals surface area contributed by atoms with Gasteiger partial charge in [-0.2, -0.15) is 13.2 Å². The van der Waals surface area contributed by atoms with Crippen LogP contribution in [-0.4, -0.2) is 31.1 Å². The molecule has 0 aromatic heterocycles. The van der Waals surface area contributed by atoms with Crippen LogP contribution < -0.4 is 5.32 Å². The molecule has 8 heteroatoms. The standard InChI is InChI=1S/C15H18BrF3N2.2ClH/c1-2-3-14(21-6-4-20-5-7-21)11-8-12(15(17,18)19)10-13(16)9-11;;/h2,8-10,14,20H,1,3-7H2;2*1H/t14-;;/m0../s1. The summed E-state index contributed by atoms with van der Waals surface area (Å²) in [6, 6.07) is 4.07. The summed E-state index contributed by atoms with van der Waals surface area (Å²) < 4.78 is 39.4. The van der Waals surface area contributed by atoms with Crippen LogP contribution in [0, 0.1) is 0 Å². The topological polar surface area (TPSA) is 15.3 Å². The van der Waals surface area contributed by atoms with Crippen molar-refractivity contribution in [1.82, 2.24) is 10.2 Å². The summed E-state index contributed by atoms with van der Waals surface area (Å²) in [4.78, 5) is 2.21. The van der Waals surface area contributed by atoms with Gasteiger partial charge in [0.2, 0.25) is 0 Å². The normalized spacial score (nSPS) is 16.9. The van der Waals surface area contributed by atoms with Crippen LogP contribution in [0.4, 0.5) is 13.2 Å². The first-order valence-corrected chi connectivity index (χ1v) is 7.64. The van der Waals surface area contributed by atoms with Gasteiger partial charge in [-0.15, -0.1) is 31.4 Å². The van der Waals surface area contributed by atoms with E-state index in [0.717, 1.165) is 32.2 Å². The van der Waals surface area contributed by atoms with Crippen molar-refractivity contribution >= 4 is 40.7 Å². The number of nitrogens with one attached hydrogen (secondary N) is 1. The van der Waals surface area contributed by atoms with E-state index < -0.39 is 11.7 Å². The quantitative estimate of drug-likeness (QED) is 0.681. The van der Waals surface area contributed by atoms with E-state index in [4.69, 9.17) is 0 Å². The van der Waals surface area contributed by atoms with Crippen LogP contribution in [-0.2, 0) is 6.18 Å². The average Bonchev–Trinajstić information content (AvgIpc) is 2.44. The number of nitrogens with zero attached hydrogens (tertiary/aromatic N) is 1. The molecule has 1 aromatic rings. The van der Waals surface area contributed by atoms with Crippen LogP contribution in [0.2, 0.25) is 0 Å². The zero-order chi connectivity index (χ0) is 15.5. The number of rotatable bonds is 4. The molecule has 1 heterocycles. The summed E-state index contributed by atoms with van der Waals surface area (Å²) in [5.74, 6) is 0. The molecule has 0 aliphatic carbocycles. The number of halogens is 6. The number of hydrogen-bond acceptors (Lipinski definition) is 2. The van der Waals surface area contributed by atoms with Crippen molar-refractivity contribution in [3.63, 3.8) is 0 Å². The van der Waals surface area contributed by atoms with Gasteiger partial charge in [0.1, 0.15) is 0 Å². The number of benzene rings is 1. The Morgan fingerprint density at radius 1 is 1.22 bits per heavy atom. The minimum absolute atomic E-state index is 0. The van der Waals surface area contributed by atoms with Gasteiger partial charge in [-0.1, -0.05) is 22.0 Å². The Morgan fingerprint density at radius 3 is 2.35 bits per heavy atom. The lowest BCUT2D eigenvalue weighted by Crippen LogP contribution is -2.45. The molecular formula is C15H20BrCl2F3N2. The molecule has 0 bridgehead atoms. The summed E-state index contributed by atoms with van der Waals surface area (Å²) in [5.41, 5.74) is 0.0644. The SMILES string of the molecule is C=CC[C@@H](c1cc(Br)cc(C(F)(F)F)c1)N1CCNCC1.Cl.Cl. The molecule has 1 saturated heterocycles. The zero-order valence-electron chi connectivity index (χ0n) is 12.4. The Bertz CT molecular complexity index is 506. The van der Waals surface area contributed by atoms with Crippen LogP contribution >= 0.6 is 40.7 Å². The highest BCUT2D eigenvalue weighted by atomic mass is 79.9. The molecule has 132 valence electrons. The Morgan fingerprint density at radius 2 is 1.83 bits per heavy atom. The van der Waals surface area contributed by atoms with Gasteiger partial charge in [0.05, 0.1) is 5.56 Å².